The van der Waals surface area contributed by atoms with Crippen molar-refractivity contribution in [1.29, 1.82) is 0 Å². The van der Waals surface area contributed by atoms with Crippen molar-refractivity contribution in [2.75, 3.05) is 13.7 Å². The van der Waals surface area contributed by atoms with Gasteiger partial charge in [-0.25, -0.2) is 12.8 Å². The SMILES string of the molecule is COc1ccc([C@H](C)NC(=O)CN(Cc2c(F)cccc2Cl)S(=O)(=O)c2ccc(Cl)cc2)cc1. The first-order valence-corrected chi connectivity index (χ1v) is 12.4. The summed E-state index contributed by atoms with van der Waals surface area (Å²) in [7, 11) is -2.63. The Kier molecular flexibility index (Phi) is 8.54. The molecule has 0 spiro atoms. The molecule has 0 unspecified atom stereocenters. The quantitative estimate of drug-likeness (QED) is 0.416. The van der Waals surface area contributed by atoms with Gasteiger partial charge in [-0.05, 0) is 61.0 Å². The molecule has 3 aromatic rings. The molecule has 0 aliphatic carbocycles. The van der Waals surface area contributed by atoms with E-state index in [9.17, 15) is 17.6 Å². The van der Waals surface area contributed by atoms with Gasteiger partial charge in [-0.1, -0.05) is 41.4 Å². The van der Waals surface area contributed by atoms with Crippen molar-refractivity contribution in [2.24, 2.45) is 0 Å². The minimum absolute atomic E-state index is 0.0299. The maximum Gasteiger partial charge on any atom is 0.243 e. The van der Waals surface area contributed by atoms with Crippen molar-refractivity contribution >= 4 is 39.1 Å². The van der Waals surface area contributed by atoms with Crippen molar-refractivity contribution in [3.63, 3.8) is 0 Å². The zero-order valence-electron chi connectivity index (χ0n) is 18.5. The molecule has 3 rings (SSSR count). The van der Waals surface area contributed by atoms with Gasteiger partial charge in [0.05, 0.1) is 24.6 Å². The van der Waals surface area contributed by atoms with Crippen molar-refractivity contribution in [3.05, 3.63) is 93.7 Å². The molecular formula is C24H23Cl2FN2O4S. The van der Waals surface area contributed by atoms with Crippen LogP contribution in [0.1, 0.15) is 24.1 Å². The lowest BCUT2D eigenvalue weighted by Crippen LogP contribution is -2.41. The van der Waals surface area contributed by atoms with Crippen molar-refractivity contribution in [3.8, 4) is 5.75 Å². The van der Waals surface area contributed by atoms with Crippen LogP contribution in [-0.2, 0) is 21.4 Å². The van der Waals surface area contributed by atoms with Gasteiger partial charge < -0.3 is 10.1 Å². The highest BCUT2D eigenvalue weighted by atomic mass is 35.5. The summed E-state index contributed by atoms with van der Waals surface area (Å²) in [5, 5.41) is 3.19. The Morgan fingerprint density at radius 2 is 1.71 bits per heavy atom. The van der Waals surface area contributed by atoms with E-state index in [4.69, 9.17) is 27.9 Å². The normalized spacial score (nSPS) is 12.4. The fourth-order valence-corrected chi connectivity index (χ4v) is 4.98. The molecule has 1 N–H and O–H groups in total. The van der Waals surface area contributed by atoms with E-state index in [1.165, 1.54) is 42.5 Å². The Balaban J connectivity index is 1.86. The zero-order chi connectivity index (χ0) is 24.9. The number of benzene rings is 3. The number of ether oxygens (including phenoxy) is 1. The second-order valence-electron chi connectivity index (χ2n) is 7.49. The monoisotopic (exact) mass is 524 g/mol. The smallest absolute Gasteiger partial charge is 0.243 e. The Morgan fingerprint density at radius 3 is 2.29 bits per heavy atom. The fourth-order valence-electron chi connectivity index (χ4n) is 3.26. The van der Waals surface area contributed by atoms with E-state index in [1.54, 1.807) is 38.3 Å². The van der Waals surface area contributed by atoms with Crippen LogP contribution in [0.25, 0.3) is 0 Å². The predicted molar refractivity (Wildman–Crippen MR) is 130 cm³/mol. The molecule has 1 atom stereocenters. The lowest BCUT2D eigenvalue weighted by atomic mass is 10.1. The lowest BCUT2D eigenvalue weighted by Gasteiger charge is -2.24. The molecule has 0 bridgehead atoms. The van der Waals surface area contributed by atoms with E-state index >= 15 is 0 Å². The fraction of sp³-hybridized carbons (Fsp3) is 0.208. The van der Waals surface area contributed by atoms with Gasteiger partial charge >= 0.3 is 0 Å². The molecule has 0 fully saturated rings. The van der Waals surface area contributed by atoms with Crippen LogP contribution in [0.4, 0.5) is 4.39 Å². The van der Waals surface area contributed by atoms with Crippen LogP contribution >= 0.6 is 23.2 Å². The van der Waals surface area contributed by atoms with E-state index in [0.29, 0.717) is 10.8 Å². The average molecular weight is 525 g/mol. The molecule has 0 radical (unpaired) electrons. The number of halogens is 3. The summed E-state index contributed by atoms with van der Waals surface area (Å²) in [5.41, 5.74) is 0.774. The molecule has 34 heavy (non-hydrogen) atoms. The van der Waals surface area contributed by atoms with Gasteiger partial charge in [0, 0.05) is 22.2 Å². The predicted octanol–water partition coefficient (Wildman–Crippen LogP) is 5.21. The highest BCUT2D eigenvalue weighted by Gasteiger charge is 2.29. The van der Waals surface area contributed by atoms with Crippen LogP contribution in [0.2, 0.25) is 10.0 Å². The van der Waals surface area contributed by atoms with Gasteiger partial charge in [0.25, 0.3) is 0 Å². The number of hydrogen-bond acceptors (Lipinski definition) is 4. The Bertz CT molecular complexity index is 1230. The molecule has 0 aliphatic rings. The van der Waals surface area contributed by atoms with E-state index in [2.05, 4.69) is 5.32 Å². The maximum absolute atomic E-state index is 14.5. The van der Waals surface area contributed by atoms with E-state index in [-0.39, 0.29) is 15.5 Å². The highest BCUT2D eigenvalue weighted by molar-refractivity contribution is 7.89. The summed E-state index contributed by atoms with van der Waals surface area (Å²) in [6.07, 6.45) is 0. The van der Waals surface area contributed by atoms with Gasteiger partial charge in [-0.2, -0.15) is 4.31 Å². The van der Waals surface area contributed by atoms with Crippen molar-refractivity contribution < 1.29 is 22.3 Å². The summed E-state index contributed by atoms with van der Waals surface area (Å²) in [6, 6.07) is 16.3. The van der Waals surface area contributed by atoms with Gasteiger partial charge in [0.2, 0.25) is 15.9 Å². The molecule has 0 saturated heterocycles. The molecule has 0 saturated carbocycles. The van der Waals surface area contributed by atoms with Gasteiger partial charge in [0.15, 0.2) is 0 Å². The number of methoxy groups -OCH3 is 1. The number of rotatable bonds is 9. The average Bonchev–Trinajstić information content (AvgIpc) is 2.81. The van der Waals surface area contributed by atoms with Crippen LogP contribution in [0.5, 0.6) is 5.75 Å². The van der Waals surface area contributed by atoms with Gasteiger partial charge in [-0.3, -0.25) is 4.79 Å². The summed E-state index contributed by atoms with van der Waals surface area (Å²) < 4.78 is 47.2. The topological polar surface area (TPSA) is 75.7 Å². The lowest BCUT2D eigenvalue weighted by molar-refractivity contribution is -0.122. The van der Waals surface area contributed by atoms with Gasteiger partial charge in [0.1, 0.15) is 11.6 Å². The molecule has 3 aromatic carbocycles. The summed E-state index contributed by atoms with van der Waals surface area (Å²) in [6.45, 7) is 0.794. The summed E-state index contributed by atoms with van der Waals surface area (Å²) in [5.74, 6) is -0.562. The first-order chi connectivity index (χ1) is 16.1. The molecule has 6 nitrogen and oxygen atoms in total. The number of carbonyl (C=O) groups is 1. The molecular weight excluding hydrogens is 502 g/mol. The minimum atomic E-state index is -4.18. The standard InChI is InChI=1S/C24H23Cl2FN2O4S/c1-16(17-6-10-19(33-2)11-7-17)28-24(30)15-29(14-21-22(26)4-3-5-23(21)27)34(31,32)20-12-8-18(25)9-13-20/h3-13,16H,14-15H2,1-2H3,(H,28,30)/t16-/m0/s1. The number of amides is 1. The van der Waals surface area contributed by atoms with Crippen LogP contribution in [0.3, 0.4) is 0 Å². The Labute approximate surface area is 208 Å². The van der Waals surface area contributed by atoms with Gasteiger partial charge in [-0.15, -0.1) is 0 Å². The molecule has 0 aromatic heterocycles. The molecule has 0 aliphatic heterocycles. The second-order valence-corrected chi connectivity index (χ2v) is 10.3. The number of sulfonamides is 1. The summed E-state index contributed by atoms with van der Waals surface area (Å²) in [4.78, 5) is 12.8. The molecule has 10 heteroatoms. The zero-order valence-corrected chi connectivity index (χ0v) is 20.8. The molecule has 0 heterocycles. The Hall–Kier alpha value is -2.65. The molecule has 1 amide bonds. The largest absolute Gasteiger partial charge is 0.497 e. The second kappa shape index (κ2) is 11.2. The number of nitrogens with zero attached hydrogens (tertiary/aromatic N) is 1. The maximum atomic E-state index is 14.5. The minimum Gasteiger partial charge on any atom is -0.497 e. The van der Waals surface area contributed by atoms with E-state index in [0.717, 1.165) is 9.87 Å². The number of hydrogen-bond donors (Lipinski definition) is 1. The van der Waals surface area contributed by atoms with Crippen LogP contribution in [0.15, 0.2) is 71.6 Å². The van der Waals surface area contributed by atoms with E-state index < -0.39 is 40.9 Å². The van der Waals surface area contributed by atoms with Crippen LogP contribution in [-0.4, -0.2) is 32.3 Å². The first kappa shape index (κ1) is 26.0. The summed E-state index contributed by atoms with van der Waals surface area (Å²) >= 11 is 12.0. The third-order valence-electron chi connectivity index (χ3n) is 5.16. The first-order valence-electron chi connectivity index (χ1n) is 10.2. The number of nitrogens with one attached hydrogen (secondary N) is 1. The third-order valence-corrected chi connectivity index (χ3v) is 7.57. The van der Waals surface area contributed by atoms with Crippen LogP contribution < -0.4 is 10.1 Å². The van der Waals surface area contributed by atoms with Crippen molar-refractivity contribution in [1.82, 2.24) is 9.62 Å². The van der Waals surface area contributed by atoms with E-state index in [1.807, 2.05) is 0 Å². The third kappa shape index (κ3) is 6.27. The van der Waals surface area contributed by atoms with Crippen molar-refractivity contribution in [2.45, 2.75) is 24.4 Å². The van der Waals surface area contributed by atoms with Crippen LogP contribution in [0, 0.1) is 5.82 Å². The molecule has 180 valence electrons. The Morgan fingerprint density at radius 1 is 1.06 bits per heavy atom. The highest BCUT2D eigenvalue weighted by Crippen LogP contribution is 2.25. The number of carbonyl (C=O) groups excluding carboxylic acids is 1.